The standard InChI is InChI=1S/C34H39F3N3O4/c1-21-27-20-40(21,24-14-16-34(36,37)17-15-24)31(42)29(26-12-6-5-11-25(26)27)39(23-10-7-9-22(35)19-23)30(41)28-13-8-18-38(28)32(43)44-33(2,3)4/h5-7,9-12,19,24,27-29H,1,8,13-18,20H2,2-4H3/q+1. The summed E-state index contributed by atoms with van der Waals surface area (Å²) in [7, 11) is 0. The van der Waals surface area contributed by atoms with E-state index in [0.29, 0.717) is 37.2 Å². The quantitative estimate of drug-likeness (QED) is 0.356. The molecule has 10 heteroatoms. The molecule has 234 valence electrons. The molecule has 5 aliphatic rings. The molecule has 1 aliphatic carbocycles. The Bertz CT molecular complexity index is 1510. The van der Waals surface area contributed by atoms with Gasteiger partial charge in [0.2, 0.25) is 5.92 Å². The van der Waals surface area contributed by atoms with Gasteiger partial charge in [-0.25, -0.2) is 27.2 Å². The van der Waals surface area contributed by atoms with Crippen LogP contribution < -0.4 is 4.90 Å². The smallest absolute Gasteiger partial charge is 0.410 e. The summed E-state index contributed by atoms with van der Waals surface area (Å²) in [6.07, 6.45) is -0.0742. The second-order valence-corrected chi connectivity index (χ2v) is 13.6. The molecule has 3 amide bonds. The summed E-state index contributed by atoms with van der Waals surface area (Å²) in [5.74, 6) is -4.42. The van der Waals surface area contributed by atoms with Crippen LogP contribution in [0.1, 0.15) is 82.4 Å². The van der Waals surface area contributed by atoms with E-state index in [4.69, 9.17) is 4.74 Å². The van der Waals surface area contributed by atoms with Crippen LogP contribution >= 0.6 is 0 Å². The fraction of sp³-hybridized carbons (Fsp3) is 0.500. The maximum absolute atomic E-state index is 15.1. The number of nitrogens with zero attached hydrogens (tertiary/aromatic N) is 3. The zero-order valence-electron chi connectivity index (χ0n) is 25.4. The Morgan fingerprint density at radius 2 is 1.73 bits per heavy atom. The Balaban J connectivity index is 1.47. The van der Waals surface area contributed by atoms with Crippen molar-refractivity contribution >= 4 is 23.6 Å². The average Bonchev–Trinajstić information content (AvgIpc) is 3.40. The monoisotopic (exact) mass is 610 g/mol. The SMILES string of the molecule is C=C1C2C[N+]1(C1CCC(F)(F)CC1)C(=O)C(N(C(=O)C1CCCN1C(=O)OC(C)(C)C)c1cccc(F)c1)c1ccccc12. The fourth-order valence-corrected chi connectivity index (χ4v) is 7.65. The third kappa shape index (κ3) is 5.01. The zero-order valence-corrected chi connectivity index (χ0v) is 25.4. The number of amides is 3. The summed E-state index contributed by atoms with van der Waals surface area (Å²) < 4.78 is 48.8. The van der Waals surface area contributed by atoms with Crippen molar-refractivity contribution in [1.29, 1.82) is 0 Å². The Morgan fingerprint density at radius 1 is 1.05 bits per heavy atom. The molecule has 2 bridgehead atoms. The molecule has 4 aliphatic heterocycles. The van der Waals surface area contributed by atoms with Gasteiger partial charge in [-0.2, -0.15) is 0 Å². The van der Waals surface area contributed by atoms with Crippen LogP contribution in [0.15, 0.2) is 60.8 Å². The number of halogens is 3. The molecule has 0 aromatic heterocycles. The molecule has 2 aromatic rings. The normalized spacial score (nSPS) is 28.1. The predicted octanol–water partition coefficient (Wildman–Crippen LogP) is 6.85. The molecular formula is C34H39F3N3O4+. The largest absolute Gasteiger partial charge is 0.444 e. The van der Waals surface area contributed by atoms with Crippen molar-refractivity contribution in [2.24, 2.45) is 0 Å². The Labute approximate surface area is 255 Å². The van der Waals surface area contributed by atoms with E-state index in [-0.39, 0.29) is 47.7 Å². The minimum absolute atomic E-state index is 0.149. The number of hydrogen-bond acceptors (Lipinski definition) is 4. The molecule has 4 unspecified atom stereocenters. The second kappa shape index (κ2) is 10.8. The zero-order chi connectivity index (χ0) is 31.6. The van der Waals surface area contributed by atoms with Crippen molar-refractivity contribution < 1.29 is 36.8 Å². The highest BCUT2D eigenvalue weighted by Crippen LogP contribution is 2.56. The molecule has 4 atom stereocenters. The summed E-state index contributed by atoms with van der Waals surface area (Å²) in [6, 6.07) is 10.4. The van der Waals surface area contributed by atoms with Crippen molar-refractivity contribution in [2.45, 2.75) is 94.9 Å². The van der Waals surface area contributed by atoms with Gasteiger partial charge in [-0.05, 0) is 69.5 Å². The first-order valence-electron chi connectivity index (χ1n) is 15.4. The molecule has 7 nitrogen and oxygen atoms in total. The summed E-state index contributed by atoms with van der Waals surface area (Å²) in [5, 5.41) is 0. The first-order valence-corrected chi connectivity index (χ1v) is 15.4. The Kier molecular flexibility index (Phi) is 7.42. The number of alkyl halides is 2. The number of fused-ring (bicyclic) bond motifs is 1. The van der Waals surface area contributed by atoms with Gasteiger partial charge in [-0.15, -0.1) is 0 Å². The molecule has 4 heterocycles. The lowest BCUT2D eigenvalue weighted by atomic mass is 9.79. The third-order valence-electron chi connectivity index (χ3n) is 9.74. The van der Waals surface area contributed by atoms with Gasteiger partial charge in [-0.1, -0.05) is 30.3 Å². The lowest BCUT2D eigenvalue weighted by molar-refractivity contribution is -0.881. The molecule has 0 radical (unpaired) electrons. The maximum atomic E-state index is 15.1. The van der Waals surface area contributed by atoms with Crippen LogP contribution in [0, 0.1) is 5.82 Å². The highest BCUT2D eigenvalue weighted by molar-refractivity contribution is 6.04. The first-order chi connectivity index (χ1) is 20.7. The molecule has 0 N–H and O–H groups in total. The summed E-state index contributed by atoms with van der Waals surface area (Å²) >= 11 is 0. The molecule has 2 saturated heterocycles. The number of rotatable bonds is 4. The van der Waals surface area contributed by atoms with E-state index in [1.54, 1.807) is 39.0 Å². The number of quaternary nitrogens is 1. The Morgan fingerprint density at radius 3 is 2.36 bits per heavy atom. The van der Waals surface area contributed by atoms with Gasteiger partial charge >= 0.3 is 12.0 Å². The predicted molar refractivity (Wildman–Crippen MR) is 158 cm³/mol. The van der Waals surface area contributed by atoms with Gasteiger partial charge in [0.1, 0.15) is 41.7 Å². The van der Waals surface area contributed by atoms with Crippen molar-refractivity contribution in [3.8, 4) is 0 Å². The summed E-state index contributed by atoms with van der Waals surface area (Å²) in [6.45, 7) is 10.3. The molecule has 7 rings (SSSR count). The highest BCUT2D eigenvalue weighted by Gasteiger charge is 2.66. The van der Waals surface area contributed by atoms with Crippen molar-refractivity contribution in [1.82, 2.24) is 4.90 Å². The number of ether oxygens (including phenoxy) is 1. The molecule has 1 saturated carbocycles. The van der Waals surface area contributed by atoms with Gasteiger partial charge in [0, 0.05) is 37.9 Å². The van der Waals surface area contributed by atoms with Crippen molar-refractivity contribution in [3.63, 3.8) is 0 Å². The van der Waals surface area contributed by atoms with Crippen LogP contribution in [-0.2, 0) is 14.3 Å². The van der Waals surface area contributed by atoms with E-state index in [1.807, 2.05) is 12.1 Å². The van der Waals surface area contributed by atoms with E-state index < -0.39 is 47.5 Å². The van der Waals surface area contributed by atoms with Gasteiger partial charge in [0.25, 0.3) is 5.91 Å². The maximum Gasteiger partial charge on any atom is 0.410 e. The van der Waals surface area contributed by atoms with E-state index in [0.717, 1.165) is 5.56 Å². The lowest BCUT2D eigenvalue weighted by Crippen LogP contribution is -2.69. The molecule has 3 fully saturated rings. The first kappa shape index (κ1) is 30.4. The van der Waals surface area contributed by atoms with E-state index >= 15 is 4.79 Å². The van der Waals surface area contributed by atoms with Gasteiger partial charge in [-0.3, -0.25) is 14.6 Å². The Hall–Kier alpha value is -3.66. The van der Waals surface area contributed by atoms with E-state index in [1.165, 1.54) is 28.0 Å². The van der Waals surface area contributed by atoms with E-state index in [2.05, 4.69) is 6.58 Å². The number of likely N-dealkylation sites (tertiary alicyclic amines) is 1. The minimum Gasteiger partial charge on any atom is -0.444 e. The fourth-order valence-electron chi connectivity index (χ4n) is 7.65. The van der Waals surface area contributed by atoms with Crippen LogP contribution in [0.4, 0.5) is 23.7 Å². The van der Waals surface area contributed by atoms with E-state index in [9.17, 15) is 22.8 Å². The van der Waals surface area contributed by atoms with Gasteiger partial charge in [0.05, 0.1) is 0 Å². The van der Waals surface area contributed by atoms with Crippen molar-refractivity contribution in [2.75, 3.05) is 18.0 Å². The van der Waals surface area contributed by atoms with Gasteiger partial charge in [0.15, 0.2) is 6.04 Å². The van der Waals surface area contributed by atoms with Crippen LogP contribution in [0.2, 0.25) is 0 Å². The van der Waals surface area contributed by atoms with Crippen LogP contribution in [-0.4, -0.2) is 64.0 Å². The average molecular weight is 611 g/mol. The minimum atomic E-state index is -2.78. The highest BCUT2D eigenvalue weighted by atomic mass is 19.3. The number of carbonyl (C=O) groups is 3. The molecule has 44 heavy (non-hydrogen) atoms. The van der Waals surface area contributed by atoms with Crippen LogP contribution in [0.3, 0.4) is 0 Å². The second-order valence-electron chi connectivity index (χ2n) is 13.6. The van der Waals surface area contributed by atoms with Crippen LogP contribution in [0.25, 0.3) is 0 Å². The number of carbonyl (C=O) groups excluding carboxylic acids is 3. The summed E-state index contributed by atoms with van der Waals surface area (Å²) in [4.78, 5) is 45.8. The number of hydrogen-bond donors (Lipinski definition) is 0. The molecular weight excluding hydrogens is 571 g/mol. The molecule has 0 spiro atoms. The lowest BCUT2D eigenvalue weighted by Gasteiger charge is -2.54. The van der Waals surface area contributed by atoms with Crippen molar-refractivity contribution in [3.05, 3.63) is 77.8 Å². The molecule has 2 aromatic carbocycles. The summed E-state index contributed by atoms with van der Waals surface area (Å²) in [5.41, 5.74) is 1.48. The topological polar surface area (TPSA) is 66.9 Å². The van der Waals surface area contributed by atoms with Crippen LogP contribution in [0.5, 0.6) is 0 Å². The number of benzene rings is 2. The van der Waals surface area contributed by atoms with Gasteiger partial charge < -0.3 is 4.74 Å². The third-order valence-corrected chi connectivity index (χ3v) is 9.74. The number of anilines is 1.